The Kier molecular flexibility index (Phi) is 6.14. The average molecular weight is 419 g/mol. The Morgan fingerprint density at radius 3 is 2.31 bits per heavy atom. The normalized spacial score (nSPS) is 19.7. The molecule has 156 valence electrons. The van der Waals surface area contributed by atoms with Crippen LogP contribution in [0.4, 0.5) is 5.69 Å². The zero-order valence-corrected chi connectivity index (χ0v) is 17.8. The molecule has 3 rings (SSSR count). The van der Waals surface area contributed by atoms with Crippen LogP contribution in [0.1, 0.15) is 29.8 Å². The number of nitrogens with zero attached hydrogens (tertiary/aromatic N) is 1. The predicted molar refractivity (Wildman–Crippen MR) is 111 cm³/mol. The summed E-state index contributed by atoms with van der Waals surface area (Å²) in [7, 11) is -2.30. The standard InChI is InChI=1S/C21H26N2O5S/c1-14-5-10-19(29(25,26)22-17-6-8-18(27-4)9-7-17)11-20(14)21(24)23-12-15(2)28-16(3)13-23/h5-11,15-16,22H,12-13H2,1-4H3/t15-,16-/m0/s1. The van der Waals surface area contributed by atoms with Gasteiger partial charge in [0.2, 0.25) is 0 Å². The van der Waals surface area contributed by atoms with E-state index in [1.165, 1.54) is 12.1 Å². The number of carbonyl (C=O) groups excluding carboxylic acids is 1. The summed E-state index contributed by atoms with van der Waals surface area (Å²) in [6, 6.07) is 11.2. The SMILES string of the molecule is COc1ccc(NS(=O)(=O)c2ccc(C)c(C(=O)N3C[C@H](C)O[C@@H](C)C3)c2)cc1. The van der Waals surface area contributed by atoms with Gasteiger partial charge in [0.15, 0.2) is 0 Å². The van der Waals surface area contributed by atoms with Crippen LogP contribution in [0.2, 0.25) is 0 Å². The van der Waals surface area contributed by atoms with E-state index in [4.69, 9.17) is 9.47 Å². The number of sulfonamides is 1. The first kappa shape index (κ1) is 21.1. The van der Waals surface area contributed by atoms with Crippen molar-refractivity contribution in [3.8, 4) is 5.75 Å². The van der Waals surface area contributed by atoms with Crippen LogP contribution in [-0.4, -0.2) is 51.6 Å². The number of ether oxygens (including phenoxy) is 2. The fraction of sp³-hybridized carbons (Fsp3) is 0.381. The molecule has 0 unspecified atom stereocenters. The zero-order chi connectivity index (χ0) is 21.2. The van der Waals surface area contributed by atoms with Crippen molar-refractivity contribution in [1.82, 2.24) is 4.90 Å². The molecule has 0 spiro atoms. The third-order valence-electron chi connectivity index (χ3n) is 4.80. The Bertz CT molecular complexity index is 979. The highest BCUT2D eigenvalue weighted by Gasteiger charge is 2.28. The van der Waals surface area contributed by atoms with Crippen LogP contribution in [0, 0.1) is 6.92 Å². The molecule has 0 saturated carbocycles. The molecule has 1 aliphatic heterocycles. The van der Waals surface area contributed by atoms with Gasteiger partial charge in [-0.05, 0) is 62.7 Å². The molecule has 0 bridgehead atoms. The van der Waals surface area contributed by atoms with Gasteiger partial charge in [-0.25, -0.2) is 8.42 Å². The van der Waals surface area contributed by atoms with Crippen molar-refractivity contribution in [3.05, 3.63) is 53.6 Å². The minimum atomic E-state index is -3.84. The third kappa shape index (κ3) is 4.89. The van der Waals surface area contributed by atoms with Crippen LogP contribution in [0.3, 0.4) is 0 Å². The summed E-state index contributed by atoms with van der Waals surface area (Å²) in [5.41, 5.74) is 1.52. The maximum atomic E-state index is 13.1. The Hall–Kier alpha value is -2.58. The quantitative estimate of drug-likeness (QED) is 0.807. The molecule has 8 heteroatoms. The van der Waals surface area contributed by atoms with Crippen molar-refractivity contribution < 1.29 is 22.7 Å². The molecule has 29 heavy (non-hydrogen) atoms. The molecule has 1 aliphatic rings. The molecule has 7 nitrogen and oxygen atoms in total. The minimum absolute atomic E-state index is 0.0385. The first-order valence-corrected chi connectivity index (χ1v) is 10.9. The highest BCUT2D eigenvalue weighted by molar-refractivity contribution is 7.92. The lowest BCUT2D eigenvalue weighted by Gasteiger charge is -2.35. The number of carbonyl (C=O) groups is 1. The molecule has 2 atom stereocenters. The van der Waals surface area contributed by atoms with Crippen LogP contribution in [0.25, 0.3) is 0 Å². The molecular formula is C21H26N2O5S. The van der Waals surface area contributed by atoms with E-state index in [0.29, 0.717) is 30.1 Å². The van der Waals surface area contributed by atoms with E-state index in [9.17, 15) is 13.2 Å². The molecule has 2 aromatic rings. The molecule has 0 aliphatic carbocycles. The number of aryl methyl sites for hydroxylation is 1. The van der Waals surface area contributed by atoms with E-state index in [0.717, 1.165) is 5.56 Å². The summed E-state index contributed by atoms with van der Waals surface area (Å²) < 4.78 is 39.0. The first-order chi connectivity index (χ1) is 13.7. The largest absolute Gasteiger partial charge is 0.497 e. The molecule has 1 saturated heterocycles. The van der Waals surface area contributed by atoms with E-state index >= 15 is 0 Å². The maximum Gasteiger partial charge on any atom is 0.261 e. The lowest BCUT2D eigenvalue weighted by atomic mass is 10.1. The number of rotatable bonds is 5. The van der Waals surface area contributed by atoms with Crippen molar-refractivity contribution >= 4 is 21.6 Å². The number of hydrogen-bond acceptors (Lipinski definition) is 5. The van der Waals surface area contributed by atoms with Gasteiger partial charge in [0.25, 0.3) is 15.9 Å². The van der Waals surface area contributed by atoms with Crippen molar-refractivity contribution in [2.75, 3.05) is 24.9 Å². The predicted octanol–water partition coefficient (Wildman–Crippen LogP) is 3.05. The Balaban J connectivity index is 1.86. The topological polar surface area (TPSA) is 84.9 Å². The highest BCUT2D eigenvalue weighted by atomic mass is 32.2. The Labute approximate surface area is 171 Å². The van der Waals surface area contributed by atoms with Gasteiger partial charge in [-0.2, -0.15) is 0 Å². The third-order valence-corrected chi connectivity index (χ3v) is 6.18. The number of benzene rings is 2. The molecule has 1 fully saturated rings. The Morgan fingerprint density at radius 1 is 1.10 bits per heavy atom. The minimum Gasteiger partial charge on any atom is -0.497 e. The van der Waals surface area contributed by atoms with Crippen LogP contribution in [0.5, 0.6) is 5.75 Å². The fourth-order valence-electron chi connectivity index (χ4n) is 3.39. The molecule has 0 aromatic heterocycles. The van der Waals surface area contributed by atoms with Crippen LogP contribution in [0.15, 0.2) is 47.4 Å². The van der Waals surface area contributed by atoms with Gasteiger partial charge in [0.1, 0.15) is 5.75 Å². The number of nitrogens with one attached hydrogen (secondary N) is 1. The summed E-state index contributed by atoms with van der Waals surface area (Å²) in [6.07, 6.45) is -0.127. The number of hydrogen-bond donors (Lipinski definition) is 1. The summed E-state index contributed by atoms with van der Waals surface area (Å²) >= 11 is 0. The van der Waals surface area contributed by atoms with Gasteiger partial charge >= 0.3 is 0 Å². The van der Waals surface area contributed by atoms with Gasteiger partial charge in [0, 0.05) is 24.3 Å². The molecule has 1 heterocycles. The van der Waals surface area contributed by atoms with E-state index in [1.807, 2.05) is 13.8 Å². The summed E-state index contributed by atoms with van der Waals surface area (Å²) in [5.74, 6) is 0.441. The number of methoxy groups -OCH3 is 1. The second-order valence-electron chi connectivity index (χ2n) is 7.28. The van der Waals surface area contributed by atoms with Crippen molar-refractivity contribution in [2.24, 2.45) is 0 Å². The monoisotopic (exact) mass is 418 g/mol. The van der Waals surface area contributed by atoms with Gasteiger partial charge in [-0.15, -0.1) is 0 Å². The second-order valence-corrected chi connectivity index (χ2v) is 8.96. The summed E-state index contributed by atoms with van der Waals surface area (Å²) in [6.45, 7) is 6.59. The van der Waals surface area contributed by atoms with E-state index in [2.05, 4.69) is 4.72 Å². The van der Waals surface area contributed by atoms with Gasteiger partial charge in [0.05, 0.1) is 24.2 Å². The highest BCUT2D eigenvalue weighted by Crippen LogP contribution is 2.23. The van der Waals surface area contributed by atoms with Crippen LogP contribution >= 0.6 is 0 Å². The molecular weight excluding hydrogens is 392 g/mol. The van der Waals surface area contributed by atoms with Crippen LogP contribution < -0.4 is 9.46 Å². The second kappa shape index (κ2) is 8.42. The Morgan fingerprint density at radius 2 is 1.72 bits per heavy atom. The maximum absolute atomic E-state index is 13.1. The van der Waals surface area contributed by atoms with E-state index in [-0.39, 0.29) is 23.0 Å². The van der Waals surface area contributed by atoms with Crippen molar-refractivity contribution in [3.63, 3.8) is 0 Å². The van der Waals surface area contributed by atoms with Gasteiger partial charge in [-0.1, -0.05) is 6.07 Å². The molecule has 1 N–H and O–H groups in total. The summed E-state index contributed by atoms with van der Waals surface area (Å²) in [5, 5.41) is 0. The molecule has 1 amide bonds. The molecule has 0 radical (unpaired) electrons. The van der Waals surface area contributed by atoms with E-state index < -0.39 is 10.0 Å². The zero-order valence-electron chi connectivity index (χ0n) is 17.0. The van der Waals surface area contributed by atoms with Gasteiger partial charge in [-0.3, -0.25) is 9.52 Å². The van der Waals surface area contributed by atoms with E-state index in [1.54, 1.807) is 49.3 Å². The summed E-state index contributed by atoms with van der Waals surface area (Å²) in [4.78, 5) is 14.8. The molecule has 2 aromatic carbocycles. The number of amides is 1. The number of morpholine rings is 1. The lowest BCUT2D eigenvalue weighted by molar-refractivity contribution is -0.0586. The van der Waals surface area contributed by atoms with Crippen molar-refractivity contribution in [2.45, 2.75) is 37.9 Å². The lowest BCUT2D eigenvalue weighted by Crippen LogP contribution is -2.48. The van der Waals surface area contributed by atoms with Gasteiger partial charge < -0.3 is 14.4 Å². The van der Waals surface area contributed by atoms with Crippen LogP contribution in [-0.2, 0) is 14.8 Å². The average Bonchev–Trinajstić information content (AvgIpc) is 2.67. The smallest absolute Gasteiger partial charge is 0.261 e. The number of anilines is 1. The van der Waals surface area contributed by atoms with Crippen molar-refractivity contribution in [1.29, 1.82) is 0 Å². The first-order valence-electron chi connectivity index (χ1n) is 9.42. The fourth-order valence-corrected chi connectivity index (χ4v) is 4.47.